The second kappa shape index (κ2) is 7.12. The van der Waals surface area contributed by atoms with Gasteiger partial charge in [0, 0.05) is 37.1 Å². The lowest BCUT2D eigenvalue weighted by Crippen LogP contribution is -2.39. The Morgan fingerprint density at radius 3 is 2.96 bits per heavy atom. The van der Waals surface area contributed by atoms with Crippen molar-refractivity contribution in [3.8, 4) is 0 Å². The summed E-state index contributed by atoms with van der Waals surface area (Å²) in [7, 11) is 2.03. The van der Waals surface area contributed by atoms with Gasteiger partial charge in [0.05, 0.1) is 23.7 Å². The number of benzene rings is 1. The van der Waals surface area contributed by atoms with Gasteiger partial charge in [-0.1, -0.05) is 11.6 Å². The summed E-state index contributed by atoms with van der Waals surface area (Å²) in [5, 5.41) is 4.37. The van der Waals surface area contributed by atoms with E-state index < -0.39 is 0 Å². The first-order valence-electron chi connectivity index (χ1n) is 8.58. The Kier molecular flexibility index (Phi) is 4.70. The number of ether oxygens (including phenoxy) is 1. The number of pyridine rings is 1. The molecule has 0 spiro atoms. The Balaban J connectivity index is 1.52. The largest absolute Gasteiger partial charge is 0.372 e. The van der Waals surface area contributed by atoms with Crippen molar-refractivity contribution in [2.45, 2.75) is 31.5 Å². The molecule has 2 atom stereocenters. The molecule has 25 heavy (non-hydrogen) atoms. The van der Waals surface area contributed by atoms with Crippen molar-refractivity contribution < 1.29 is 4.74 Å². The summed E-state index contributed by atoms with van der Waals surface area (Å²) < 4.78 is 8.13. The summed E-state index contributed by atoms with van der Waals surface area (Å²) in [4.78, 5) is 8.83. The summed E-state index contributed by atoms with van der Waals surface area (Å²) in [5.41, 5.74) is 3.19. The fourth-order valence-corrected chi connectivity index (χ4v) is 3.63. The van der Waals surface area contributed by atoms with Crippen LogP contribution in [0.3, 0.4) is 0 Å². The lowest BCUT2D eigenvalue weighted by atomic mass is 9.96. The molecule has 3 heterocycles. The highest BCUT2D eigenvalue weighted by atomic mass is 35.5. The molecule has 0 aliphatic carbocycles. The van der Waals surface area contributed by atoms with Gasteiger partial charge in [-0.3, -0.25) is 4.98 Å². The van der Waals surface area contributed by atoms with E-state index in [1.807, 2.05) is 49.8 Å². The van der Waals surface area contributed by atoms with Crippen molar-refractivity contribution in [1.29, 1.82) is 0 Å². The quantitative estimate of drug-likeness (QED) is 0.775. The van der Waals surface area contributed by atoms with Gasteiger partial charge in [-0.2, -0.15) is 0 Å². The van der Waals surface area contributed by atoms with E-state index in [-0.39, 0.29) is 12.1 Å². The van der Waals surface area contributed by atoms with E-state index in [1.165, 1.54) is 5.56 Å². The average Bonchev–Trinajstić information content (AvgIpc) is 2.96. The highest BCUT2D eigenvalue weighted by Gasteiger charge is 2.27. The Bertz CT molecular complexity index is 864. The Morgan fingerprint density at radius 2 is 2.12 bits per heavy atom. The van der Waals surface area contributed by atoms with Crippen LogP contribution in [0.2, 0.25) is 5.02 Å². The third-order valence-corrected chi connectivity index (χ3v) is 5.05. The number of nitrogens with one attached hydrogen (secondary N) is 1. The zero-order valence-corrected chi connectivity index (χ0v) is 14.9. The minimum absolute atomic E-state index is 0.0564. The van der Waals surface area contributed by atoms with Gasteiger partial charge in [-0.05, 0) is 48.7 Å². The highest BCUT2D eigenvalue weighted by Crippen LogP contribution is 2.28. The molecule has 0 radical (unpaired) electrons. The van der Waals surface area contributed by atoms with Crippen LogP contribution in [0.15, 0.2) is 42.7 Å². The number of hydrogen-bond acceptors (Lipinski definition) is 4. The van der Waals surface area contributed by atoms with Crippen molar-refractivity contribution >= 4 is 22.6 Å². The second-order valence-corrected chi connectivity index (χ2v) is 6.86. The fraction of sp³-hybridized carbons (Fsp3) is 0.368. The summed E-state index contributed by atoms with van der Waals surface area (Å²) in [6.45, 7) is 1.49. The molecule has 0 amide bonds. The van der Waals surface area contributed by atoms with Gasteiger partial charge in [-0.15, -0.1) is 0 Å². The molecule has 4 rings (SSSR count). The van der Waals surface area contributed by atoms with Crippen molar-refractivity contribution in [2.24, 2.45) is 7.05 Å². The third kappa shape index (κ3) is 3.40. The number of halogens is 1. The van der Waals surface area contributed by atoms with Crippen molar-refractivity contribution in [3.05, 3.63) is 59.1 Å². The highest BCUT2D eigenvalue weighted by molar-refractivity contribution is 6.31. The van der Waals surface area contributed by atoms with Crippen molar-refractivity contribution in [3.63, 3.8) is 0 Å². The molecule has 1 N–H and O–H groups in total. The van der Waals surface area contributed by atoms with E-state index in [1.54, 1.807) is 0 Å². The number of hydrogen-bond donors (Lipinski definition) is 1. The smallest absolute Gasteiger partial charge is 0.123 e. The van der Waals surface area contributed by atoms with Gasteiger partial charge in [0.2, 0.25) is 0 Å². The number of aryl methyl sites for hydroxylation is 1. The standard InChI is InChI=1S/C19H21ClN4O/c1-24-17-11-14(20)4-5-15(17)23-18(24)12-22-16-3-2-10-25-19(16)13-6-8-21-9-7-13/h4-9,11,16,19,22H,2-3,10,12H2,1H3/t16-,19+/m0/s1. The number of nitrogens with zero attached hydrogens (tertiary/aromatic N) is 3. The van der Waals surface area contributed by atoms with Gasteiger partial charge in [0.1, 0.15) is 5.82 Å². The summed E-state index contributed by atoms with van der Waals surface area (Å²) in [5.74, 6) is 0.997. The molecule has 2 aromatic heterocycles. The molecule has 130 valence electrons. The number of aromatic nitrogens is 3. The normalized spacial score (nSPS) is 20.9. The van der Waals surface area contributed by atoms with E-state index in [0.29, 0.717) is 6.54 Å². The first-order chi connectivity index (χ1) is 12.2. The number of fused-ring (bicyclic) bond motifs is 1. The Morgan fingerprint density at radius 1 is 1.28 bits per heavy atom. The SMILES string of the molecule is Cn1c(CN[C@H]2CCCO[C@@H]2c2ccncc2)nc2ccc(Cl)cc21. The molecule has 1 aliphatic rings. The number of imidazole rings is 1. The van der Waals surface area contributed by atoms with Gasteiger partial charge < -0.3 is 14.6 Å². The maximum atomic E-state index is 6.11. The maximum Gasteiger partial charge on any atom is 0.123 e. The second-order valence-electron chi connectivity index (χ2n) is 6.42. The van der Waals surface area contributed by atoms with Crippen LogP contribution in [0, 0.1) is 0 Å². The predicted molar refractivity (Wildman–Crippen MR) is 98.5 cm³/mol. The maximum absolute atomic E-state index is 6.11. The zero-order chi connectivity index (χ0) is 17.2. The lowest BCUT2D eigenvalue weighted by Gasteiger charge is -2.32. The average molecular weight is 357 g/mol. The van der Waals surface area contributed by atoms with Crippen molar-refractivity contribution in [2.75, 3.05) is 6.61 Å². The van der Waals surface area contributed by atoms with Gasteiger partial charge in [0.15, 0.2) is 0 Å². The van der Waals surface area contributed by atoms with Gasteiger partial charge >= 0.3 is 0 Å². The summed E-state index contributed by atoms with van der Waals surface area (Å²) in [6.07, 6.45) is 5.85. The van der Waals surface area contributed by atoms with E-state index in [4.69, 9.17) is 21.3 Å². The Labute approximate surface area is 152 Å². The molecule has 1 aromatic carbocycles. The molecule has 5 nitrogen and oxygen atoms in total. The fourth-order valence-electron chi connectivity index (χ4n) is 3.47. The molecule has 0 saturated carbocycles. The van der Waals surface area contributed by atoms with Gasteiger partial charge in [-0.25, -0.2) is 4.98 Å². The molecule has 1 fully saturated rings. The van der Waals surface area contributed by atoms with Crippen LogP contribution in [0.5, 0.6) is 0 Å². The van der Waals surface area contributed by atoms with E-state index in [9.17, 15) is 0 Å². The van der Waals surface area contributed by atoms with Crippen LogP contribution in [-0.4, -0.2) is 27.2 Å². The molecule has 3 aromatic rings. The molecule has 1 aliphatic heterocycles. The van der Waals surface area contributed by atoms with E-state index in [0.717, 1.165) is 41.3 Å². The molecule has 1 saturated heterocycles. The summed E-state index contributed by atoms with van der Waals surface area (Å²) >= 11 is 6.11. The summed E-state index contributed by atoms with van der Waals surface area (Å²) in [6, 6.07) is 10.1. The van der Waals surface area contributed by atoms with Gasteiger partial charge in [0.25, 0.3) is 0 Å². The molecule has 6 heteroatoms. The molecule has 0 unspecified atom stereocenters. The van der Waals surface area contributed by atoms with Crippen LogP contribution in [0.25, 0.3) is 11.0 Å². The minimum Gasteiger partial charge on any atom is -0.372 e. The van der Waals surface area contributed by atoms with Crippen LogP contribution in [0.1, 0.15) is 30.3 Å². The zero-order valence-electron chi connectivity index (χ0n) is 14.2. The third-order valence-electron chi connectivity index (χ3n) is 4.81. The van der Waals surface area contributed by atoms with E-state index in [2.05, 4.69) is 14.9 Å². The topological polar surface area (TPSA) is 52.0 Å². The van der Waals surface area contributed by atoms with Crippen LogP contribution in [0.4, 0.5) is 0 Å². The molecular formula is C19H21ClN4O. The molecular weight excluding hydrogens is 336 g/mol. The van der Waals surface area contributed by atoms with Crippen LogP contribution >= 0.6 is 11.6 Å². The van der Waals surface area contributed by atoms with Crippen molar-refractivity contribution in [1.82, 2.24) is 19.9 Å². The monoisotopic (exact) mass is 356 g/mol. The molecule has 0 bridgehead atoms. The Hall–Kier alpha value is -1.95. The van der Waals surface area contributed by atoms with Crippen LogP contribution < -0.4 is 5.32 Å². The van der Waals surface area contributed by atoms with E-state index >= 15 is 0 Å². The number of rotatable bonds is 4. The first-order valence-corrected chi connectivity index (χ1v) is 8.96. The lowest BCUT2D eigenvalue weighted by molar-refractivity contribution is -0.0114. The minimum atomic E-state index is 0.0564. The predicted octanol–water partition coefficient (Wildman–Crippen LogP) is 3.63. The first kappa shape index (κ1) is 16.5. The van der Waals surface area contributed by atoms with Crippen LogP contribution in [-0.2, 0) is 18.3 Å².